The zero-order valence-electron chi connectivity index (χ0n) is 22.0. The number of halogens is 3. The zero-order valence-corrected chi connectivity index (χ0v) is 22.0. The molecule has 3 aromatic carbocycles. The van der Waals surface area contributed by atoms with Crippen LogP contribution in [0, 0.1) is 0 Å². The maximum Gasteiger partial charge on any atom is 0.417 e. The van der Waals surface area contributed by atoms with Gasteiger partial charge in [-0.15, -0.1) is 5.10 Å². The van der Waals surface area contributed by atoms with E-state index in [1.807, 2.05) is 30.3 Å². The zero-order chi connectivity index (χ0) is 29.3. The van der Waals surface area contributed by atoms with Crippen molar-refractivity contribution in [2.24, 2.45) is 0 Å². The smallest absolute Gasteiger partial charge is 0.417 e. The molecule has 5 aromatic rings. The van der Waals surface area contributed by atoms with Gasteiger partial charge >= 0.3 is 12.3 Å². The van der Waals surface area contributed by atoms with Crippen molar-refractivity contribution in [3.05, 3.63) is 90.0 Å². The fraction of sp³-hybridized carbons (Fsp3) is 0.207. The van der Waals surface area contributed by atoms with E-state index in [4.69, 9.17) is 4.74 Å². The lowest BCUT2D eigenvalue weighted by Crippen LogP contribution is -2.44. The van der Waals surface area contributed by atoms with E-state index in [1.165, 1.54) is 27.6 Å². The Bertz CT molecular complexity index is 1780. The number of aromatic nitrogens is 4. The van der Waals surface area contributed by atoms with E-state index >= 15 is 0 Å². The summed E-state index contributed by atoms with van der Waals surface area (Å²) >= 11 is 0. The summed E-state index contributed by atoms with van der Waals surface area (Å²) in [5.74, 6) is -0.466. The minimum Gasteiger partial charge on any atom is -0.445 e. The minimum absolute atomic E-state index is 0.0477. The number of amides is 2. The third-order valence-electron chi connectivity index (χ3n) is 6.82. The van der Waals surface area contributed by atoms with Crippen molar-refractivity contribution in [2.75, 3.05) is 25.0 Å². The molecule has 1 saturated heterocycles. The number of benzene rings is 3. The lowest BCUT2D eigenvalue weighted by atomic mass is 10.1. The van der Waals surface area contributed by atoms with Gasteiger partial charge in [0.15, 0.2) is 11.5 Å². The van der Waals surface area contributed by atoms with Gasteiger partial charge in [0.05, 0.1) is 17.6 Å². The largest absolute Gasteiger partial charge is 0.445 e. The third-order valence-corrected chi connectivity index (χ3v) is 6.82. The van der Waals surface area contributed by atoms with E-state index in [0.717, 1.165) is 11.6 Å². The molecule has 2 N–H and O–H groups in total. The fourth-order valence-electron chi connectivity index (χ4n) is 4.76. The monoisotopic (exact) mass is 575 g/mol. The van der Waals surface area contributed by atoms with Crippen molar-refractivity contribution in [2.45, 2.75) is 18.8 Å². The van der Waals surface area contributed by atoms with Crippen LogP contribution in [0.1, 0.15) is 11.1 Å². The molecule has 10 nitrogen and oxygen atoms in total. The summed E-state index contributed by atoms with van der Waals surface area (Å²) in [6, 6.07) is 20.3. The Kier molecular flexibility index (Phi) is 7.07. The molecule has 1 atom stereocenters. The van der Waals surface area contributed by atoms with Gasteiger partial charge in [-0.05, 0) is 23.8 Å². The fourth-order valence-corrected chi connectivity index (χ4v) is 4.76. The van der Waals surface area contributed by atoms with Crippen molar-refractivity contribution in [3.63, 3.8) is 0 Å². The van der Waals surface area contributed by atoms with Crippen LogP contribution in [0.3, 0.4) is 0 Å². The first kappa shape index (κ1) is 27.0. The Balaban J connectivity index is 1.34. The molecule has 0 unspecified atom stereocenters. The molecule has 0 saturated carbocycles. The molecule has 1 aliphatic rings. The Labute approximate surface area is 237 Å². The molecule has 3 heterocycles. The molecular weight excluding hydrogens is 551 g/mol. The average molecular weight is 576 g/mol. The van der Waals surface area contributed by atoms with E-state index in [-0.39, 0.29) is 55.1 Å². The summed E-state index contributed by atoms with van der Waals surface area (Å²) in [6.45, 7) is 0.455. The molecule has 0 aliphatic carbocycles. The van der Waals surface area contributed by atoms with Gasteiger partial charge in [-0.1, -0.05) is 60.7 Å². The van der Waals surface area contributed by atoms with Crippen LogP contribution in [-0.4, -0.2) is 62.2 Å². The molecule has 2 aromatic heterocycles. The number of hydrogen-bond acceptors (Lipinski definition) is 7. The van der Waals surface area contributed by atoms with Crippen LogP contribution in [0.5, 0.6) is 0 Å². The Morgan fingerprint density at radius 2 is 1.74 bits per heavy atom. The van der Waals surface area contributed by atoms with E-state index in [1.54, 1.807) is 24.3 Å². The van der Waals surface area contributed by atoms with E-state index in [9.17, 15) is 22.8 Å². The number of ether oxygens (including phenoxy) is 1. The first-order valence-electron chi connectivity index (χ1n) is 13.1. The van der Waals surface area contributed by atoms with Crippen LogP contribution in [0.2, 0.25) is 0 Å². The molecule has 13 heteroatoms. The quantitative estimate of drug-likeness (QED) is 0.317. The lowest BCUT2D eigenvalue weighted by molar-refractivity contribution is -0.137. The predicted molar refractivity (Wildman–Crippen MR) is 147 cm³/mol. The normalized spacial score (nSPS) is 15.8. The highest BCUT2D eigenvalue weighted by Crippen LogP contribution is 2.36. The molecule has 2 amide bonds. The van der Waals surface area contributed by atoms with Crippen LogP contribution in [0.25, 0.3) is 27.9 Å². The van der Waals surface area contributed by atoms with Gasteiger partial charge in [0.1, 0.15) is 12.6 Å². The number of anilines is 1. The SMILES string of the molecule is O=C1NCCN(C(=O)OCc2ccccc2)C[C@H]1Nc1nc2ccccc2c2nc(-c3ccccc3C(F)(F)F)nn12. The maximum atomic E-state index is 13.8. The van der Waals surface area contributed by atoms with Crippen LogP contribution >= 0.6 is 0 Å². The Morgan fingerprint density at radius 1 is 1.00 bits per heavy atom. The Hall–Kier alpha value is -5.20. The maximum absolute atomic E-state index is 13.8. The van der Waals surface area contributed by atoms with Gasteiger partial charge in [0.25, 0.3) is 0 Å². The number of nitrogens with zero attached hydrogens (tertiary/aromatic N) is 5. The molecule has 0 radical (unpaired) electrons. The number of alkyl halides is 3. The van der Waals surface area contributed by atoms with Crippen LogP contribution in [-0.2, 0) is 22.3 Å². The molecule has 42 heavy (non-hydrogen) atoms. The predicted octanol–water partition coefficient (Wildman–Crippen LogP) is 4.51. The summed E-state index contributed by atoms with van der Waals surface area (Å²) in [5, 5.41) is 10.7. The summed E-state index contributed by atoms with van der Waals surface area (Å²) in [4.78, 5) is 36.4. The highest BCUT2D eigenvalue weighted by molar-refractivity contribution is 5.93. The summed E-state index contributed by atoms with van der Waals surface area (Å²) in [6.07, 6.45) is -5.21. The van der Waals surface area contributed by atoms with Gasteiger partial charge in [-0.3, -0.25) is 4.79 Å². The summed E-state index contributed by atoms with van der Waals surface area (Å²) in [7, 11) is 0. The van der Waals surface area contributed by atoms with Crippen LogP contribution in [0.4, 0.5) is 23.9 Å². The molecule has 1 aliphatic heterocycles. The molecular formula is C29H24F3N7O3. The Morgan fingerprint density at radius 3 is 2.55 bits per heavy atom. The van der Waals surface area contributed by atoms with Crippen molar-refractivity contribution in [1.29, 1.82) is 0 Å². The first-order chi connectivity index (χ1) is 20.3. The van der Waals surface area contributed by atoms with Crippen LogP contribution < -0.4 is 10.6 Å². The van der Waals surface area contributed by atoms with Gasteiger partial charge in [-0.25, -0.2) is 14.8 Å². The second-order valence-corrected chi connectivity index (χ2v) is 9.64. The number of nitrogens with one attached hydrogen (secondary N) is 2. The highest BCUT2D eigenvalue weighted by atomic mass is 19.4. The van der Waals surface area contributed by atoms with Crippen molar-refractivity contribution in [1.82, 2.24) is 29.8 Å². The number of fused-ring (bicyclic) bond motifs is 3. The minimum atomic E-state index is -4.62. The number of carbonyl (C=O) groups excluding carboxylic acids is 2. The van der Waals surface area contributed by atoms with E-state index in [2.05, 4.69) is 25.7 Å². The molecule has 0 spiro atoms. The van der Waals surface area contributed by atoms with Gasteiger partial charge in [0, 0.05) is 24.0 Å². The second-order valence-electron chi connectivity index (χ2n) is 9.64. The lowest BCUT2D eigenvalue weighted by Gasteiger charge is -2.23. The second kappa shape index (κ2) is 11.0. The molecule has 0 bridgehead atoms. The first-order valence-corrected chi connectivity index (χ1v) is 13.1. The van der Waals surface area contributed by atoms with E-state index < -0.39 is 23.9 Å². The molecule has 214 valence electrons. The van der Waals surface area contributed by atoms with Crippen LogP contribution in [0.15, 0.2) is 78.9 Å². The number of hydrogen-bond donors (Lipinski definition) is 2. The molecule has 1 fully saturated rings. The van der Waals surface area contributed by atoms with Gasteiger partial charge in [-0.2, -0.15) is 17.7 Å². The van der Waals surface area contributed by atoms with Gasteiger partial charge < -0.3 is 20.3 Å². The number of rotatable bonds is 5. The standard InChI is InChI=1S/C29H24F3N7O3/c30-29(31,32)21-12-6-4-10-19(21)24-36-25-20-11-5-7-13-22(20)34-27(39(25)37-24)35-23-16-38(15-14-33-26(23)40)28(41)42-17-18-8-2-1-3-9-18/h1-13,23H,14-17H2,(H,33,40)(H,34,35)/t23-/m1/s1. The van der Waals surface area contributed by atoms with E-state index in [0.29, 0.717) is 10.9 Å². The van der Waals surface area contributed by atoms with Crippen molar-refractivity contribution < 1.29 is 27.5 Å². The summed E-state index contributed by atoms with van der Waals surface area (Å²) < 4.78 is 48.1. The number of carbonyl (C=O) groups is 2. The summed E-state index contributed by atoms with van der Waals surface area (Å²) in [5.41, 5.74) is 0.497. The topological polar surface area (TPSA) is 114 Å². The van der Waals surface area contributed by atoms with Crippen molar-refractivity contribution in [3.8, 4) is 11.4 Å². The third kappa shape index (κ3) is 5.40. The van der Waals surface area contributed by atoms with Gasteiger partial charge in [0.2, 0.25) is 11.9 Å². The number of para-hydroxylation sites is 1. The van der Waals surface area contributed by atoms with Crippen molar-refractivity contribution >= 4 is 34.5 Å². The average Bonchev–Trinajstić information content (AvgIpc) is 3.37. The highest BCUT2D eigenvalue weighted by Gasteiger charge is 2.35. The molecule has 6 rings (SSSR count).